The molecule has 1 saturated heterocycles. The molecular formula is C12H26ClN3O2S. The predicted octanol–water partition coefficient (Wildman–Crippen LogP) is 1.05. The molecule has 7 heteroatoms. The molecule has 1 heterocycles. The van der Waals surface area contributed by atoms with Crippen molar-refractivity contribution in [3.05, 3.63) is 0 Å². The first kappa shape index (κ1) is 17.2. The van der Waals surface area contributed by atoms with E-state index in [2.05, 4.69) is 0 Å². The summed E-state index contributed by atoms with van der Waals surface area (Å²) in [5.41, 5.74) is 5.88. The molecule has 1 aliphatic heterocycles. The summed E-state index contributed by atoms with van der Waals surface area (Å²) in [7, 11) is -1.54. The molecule has 2 aliphatic rings. The first-order chi connectivity index (χ1) is 8.41. The Hall–Kier alpha value is 0.120. The number of hydrogen-bond acceptors (Lipinski definition) is 3. The van der Waals surface area contributed by atoms with Gasteiger partial charge in [-0.05, 0) is 44.4 Å². The van der Waals surface area contributed by atoms with Crippen LogP contribution in [0.1, 0.15) is 32.6 Å². The van der Waals surface area contributed by atoms with E-state index in [1.807, 2.05) is 6.92 Å². The smallest absolute Gasteiger partial charge is 0.281 e. The van der Waals surface area contributed by atoms with Crippen LogP contribution in [0.5, 0.6) is 0 Å². The summed E-state index contributed by atoms with van der Waals surface area (Å²) in [6, 6.07) is 0.166. The maximum absolute atomic E-state index is 12.3. The van der Waals surface area contributed by atoms with Crippen LogP contribution in [-0.2, 0) is 10.2 Å². The average Bonchev–Trinajstić information content (AvgIpc) is 3.13. The standard InChI is InChI=1S/C12H25N3O2S.ClH/c1-10(13)12-5-7-15(8-6-12)18(16,17)14(2)9-11-3-4-11;/h10-12H,3-9,13H2,1-2H3;1H. The van der Waals surface area contributed by atoms with Gasteiger partial charge in [0.1, 0.15) is 0 Å². The van der Waals surface area contributed by atoms with E-state index >= 15 is 0 Å². The van der Waals surface area contributed by atoms with Gasteiger partial charge in [-0.2, -0.15) is 17.0 Å². The van der Waals surface area contributed by atoms with E-state index in [4.69, 9.17) is 5.73 Å². The lowest BCUT2D eigenvalue weighted by atomic mass is 9.92. The predicted molar refractivity (Wildman–Crippen MR) is 79.5 cm³/mol. The molecule has 1 saturated carbocycles. The topological polar surface area (TPSA) is 66.6 Å². The van der Waals surface area contributed by atoms with E-state index in [1.54, 1.807) is 11.4 Å². The minimum absolute atomic E-state index is 0. The summed E-state index contributed by atoms with van der Waals surface area (Å²) in [4.78, 5) is 0. The number of nitrogens with two attached hydrogens (primary N) is 1. The van der Waals surface area contributed by atoms with E-state index in [0.717, 1.165) is 12.8 Å². The lowest BCUT2D eigenvalue weighted by Crippen LogP contribution is -2.48. The molecule has 2 rings (SSSR count). The molecule has 1 unspecified atom stereocenters. The van der Waals surface area contributed by atoms with Crippen molar-refractivity contribution in [2.24, 2.45) is 17.6 Å². The average molecular weight is 312 g/mol. The Morgan fingerprint density at radius 1 is 1.26 bits per heavy atom. The Labute approximate surface area is 123 Å². The third-order valence-corrected chi connectivity index (χ3v) is 6.13. The monoisotopic (exact) mass is 311 g/mol. The second-order valence-corrected chi connectivity index (χ2v) is 7.86. The molecule has 2 fully saturated rings. The highest BCUT2D eigenvalue weighted by molar-refractivity contribution is 7.86. The van der Waals surface area contributed by atoms with Gasteiger partial charge in [0.2, 0.25) is 0 Å². The van der Waals surface area contributed by atoms with Crippen molar-refractivity contribution in [1.29, 1.82) is 0 Å². The largest absolute Gasteiger partial charge is 0.328 e. The Balaban J connectivity index is 0.00000180. The van der Waals surface area contributed by atoms with Gasteiger partial charge in [-0.25, -0.2) is 0 Å². The number of halogens is 1. The van der Waals surface area contributed by atoms with Crippen LogP contribution in [-0.4, -0.2) is 49.8 Å². The minimum Gasteiger partial charge on any atom is -0.328 e. The fraction of sp³-hybridized carbons (Fsp3) is 1.00. The summed E-state index contributed by atoms with van der Waals surface area (Å²) in [6.45, 7) is 3.91. The molecule has 0 aromatic heterocycles. The van der Waals surface area contributed by atoms with Gasteiger partial charge in [0.15, 0.2) is 0 Å². The van der Waals surface area contributed by atoms with Gasteiger partial charge in [0, 0.05) is 32.7 Å². The maximum atomic E-state index is 12.3. The quantitative estimate of drug-likeness (QED) is 0.825. The van der Waals surface area contributed by atoms with Crippen LogP contribution < -0.4 is 5.73 Å². The summed E-state index contributed by atoms with van der Waals surface area (Å²) >= 11 is 0. The summed E-state index contributed by atoms with van der Waals surface area (Å²) in [6.07, 6.45) is 4.11. The highest BCUT2D eigenvalue weighted by Gasteiger charge is 2.34. The van der Waals surface area contributed by atoms with Crippen molar-refractivity contribution in [3.8, 4) is 0 Å². The zero-order valence-electron chi connectivity index (χ0n) is 11.8. The maximum Gasteiger partial charge on any atom is 0.281 e. The van der Waals surface area contributed by atoms with Gasteiger partial charge in [0.25, 0.3) is 10.2 Å². The molecule has 0 spiro atoms. The van der Waals surface area contributed by atoms with E-state index in [1.165, 1.54) is 17.1 Å². The third kappa shape index (κ3) is 4.29. The Kier molecular flexibility index (Phi) is 6.07. The molecule has 0 bridgehead atoms. The molecule has 2 N–H and O–H groups in total. The second kappa shape index (κ2) is 6.72. The van der Waals surface area contributed by atoms with E-state index in [-0.39, 0.29) is 18.4 Å². The Morgan fingerprint density at radius 2 is 1.79 bits per heavy atom. The molecule has 0 aromatic rings. The SMILES string of the molecule is CC(N)C1CCN(S(=O)(=O)N(C)CC2CC2)CC1.Cl. The number of nitrogens with zero attached hydrogens (tertiary/aromatic N) is 2. The molecule has 1 aliphatic carbocycles. The molecule has 5 nitrogen and oxygen atoms in total. The van der Waals surface area contributed by atoms with Crippen molar-refractivity contribution in [2.45, 2.75) is 38.6 Å². The molecular weight excluding hydrogens is 286 g/mol. The van der Waals surface area contributed by atoms with Crippen molar-refractivity contribution >= 4 is 22.6 Å². The van der Waals surface area contributed by atoms with Crippen LogP contribution in [0.3, 0.4) is 0 Å². The molecule has 19 heavy (non-hydrogen) atoms. The number of hydrogen-bond donors (Lipinski definition) is 1. The normalized spacial score (nSPS) is 24.2. The van der Waals surface area contributed by atoms with Gasteiger partial charge in [-0.15, -0.1) is 12.4 Å². The van der Waals surface area contributed by atoms with Crippen LogP contribution >= 0.6 is 12.4 Å². The third-order valence-electron chi connectivity index (χ3n) is 4.17. The summed E-state index contributed by atoms with van der Waals surface area (Å²) < 4.78 is 27.8. The fourth-order valence-corrected chi connectivity index (χ4v) is 4.05. The van der Waals surface area contributed by atoms with Crippen LogP contribution in [0.15, 0.2) is 0 Å². The van der Waals surface area contributed by atoms with Gasteiger partial charge in [-0.3, -0.25) is 0 Å². The minimum atomic E-state index is -3.24. The Bertz CT molecular complexity index is 376. The van der Waals surface area contributed by atoms with Crippen LogP contribution in [0, 0.1) is 11.8 Å². The van der Waals surface area contributed by atoms with E-state index < -0.39 is 10.2 Å². The molecule has 0 amide bonds. The van der Waals surface area contributed by atoms with E-state index in [9.17, 15) is 8.42 Å². The molecule has 0 aromatic carbocycles. The van der Waals surface area contributed by atoms with Crippen molar-refractivity contribution in [1.82, 2.24) is 8.61 Å². The van der Waals surface area contributed by atoms with Crippen LogP contribution in [0.4, 0.5) is 0 Å². The molecule has 0 radical (unpaired) electrons. The first-order valence-corrected chi connectivity index (χ1v) is 8.28. The highest BCUT2D eigenvalue weighted by atomic mass is 35.5. The summed E-state index contributed by atoms with van der Waals surface area (Å²) in [5.74, 6) is 1.05. The van der Waals surface area contributed by atoms with Crippen LogP contribution in [0.25, 0.3) is 0 Å². The van der Waals surface area contributed by atoms with Crippen molar-refractivity contribution < 1.29 is 8.42 Å². The zero-order chi connectivity index (χ0) is 13.3. The second-order valence-electron chi connectivity index (χ2n) is 5.83. The highest BCUT2D eigenvalue weighted by Crippen LogP contribution is 2.31. The number of rotatable bonds is 5. The van der Waals surface area contributed by atoms with Crippen molar-refractivity contribution in [3.63, 3.8) is 0 Å². The molecule has 1 atom stereocenters. The van der Waals surface area contributed by atoms with Gasteiger partial charge < -0.3 is 5.73 Å². The summed E-state index contributed by atoms with van der Waals surface area (Å²) in [5, 5.41) is 0. The van der Waals surface area contributed by atoms with Gasteiger partial charge >= 0.3 is 0 Å². The zero-order valence-corrected chi connectivity index (χ0v) is 13.4. The lowest BCUT2D eigenvalue weighted by molar-refractivity contribution is 0.238. The first-order valence-electron chi connectivity index (χ1n) is 6.88. The lowest BCUT2D eigenvalue weighted by Gasteiger charge is -2.35. The van der Waals surface area contributed by atoms with Crippen molar-refractivity contribution in [2.75, 3.05) is 26.7 Å². The van der Waals surface area contributed by atoms with Gasteiger partial charge in [0.05, 0.1) is 0 Å². The molecule has 114 valence electrons. The fourth-order valence-electron chi connectivity index (χ4n) is 2.59. The Morgan fingerprint density at radius 3 is 2.21 bits per heavy atom. The number of piperidine rings is 1. The van der Waals surface area contributed by atoms with Gasteiger partial charge in [-0.1, -0.05) is 0 Å². The van der Waals surface area contributed by atoms with E-state index in [0.29, 0.717) is 31.5 Å². The van der Waals surface area contributed by atoms with Crippen LogP contribution in [0.2, 0.25) is 0 Å².